The monoisotopic (exact) mass is 332 g/mol. The molecule has 1 fully saturated rings. The van der Waals surface area contributed by atoms with E-state index in [1.165, 1.54) is 6.42 Å². The van der Waals surface area contributed by atoms with Crippen molar-refractivity contribution >= 4 is 22.6 Å². The Hall–Kier alpha value is -2.05. The Bertz CT molecular complexity index is 836. The fourth-order valence-electron chi connectivity index (χ4n) is 2.94. The van der Waals surface area contributed by atoms with Gasteiger partial charge in [-0.1, -0.05) is 11.6 Å². The highest BCUT2D eigenvalue weighted by atomic mass is 35.5. The Morgan fingerprint density at radius 1 is 1.43 bits per heavy atom. The lowest BCUT2D eigenvalue weighted by Gasteiger charge is -2.22. The molecule has 0 amide bonds. The maximum Gasteiger partial charge on any atom is 0.233 e. The van der Waals surface area contributed by atoms with Gasteiger partial charge in [-0.05, 0) is 25.3 Å². The molecule has 1 saturated heterocycles. The second-order valence-corrected chi connectivity index (χ2v) is 6.02. The third-order valence-corrected chi connectivity index (χ3v) is 4.40. The summed E-state index contributed by atoms with van der Waals surface area (Å²) in [6.45, 7) is 0.796. The third kappa shape index (κ3) is 2.58. The van der Waals surface area contributed by atoms with Gasteiger partial charge < -0.3 is 14.5 Å². The molecule has 120 valence electrons. The summed E-state index contributed by atoms with van der Waals surface area (Å²) >= 11 is 6.12. The molecule has 0 saturated carbocycles. The summed E-state index contributed by atoms with van der Waals surface area (Å²) in [6.07, 6.45) is 9.07. The Morgan fingerprint density at radius 2 is 2.35 bits per heavy atom. The first-order valence-corrected chi connectivity index (χ1v) is 8.02. The van der Waals surface area contributed by atoms with E-state index >= 15 is 0 Å². The van der Waals surface area contributed by atoms with Gasteiger partial charge in [-0.3, -0.25) is 0 Å². The van der Waals surface area contributed by atoms with E-state index in [9.17, 15) is 0 Å². The van der Waals surface area contributed by atoms with Crippen LogP contribution in [0.5, 0.6) is 5.88 Å². The average molecular weight is 333 g/mol. The molecule has 3 aromatic heterocycles. The van der Waals surface area contributed by atoms with E-state index in [0.29, 0.717) is 10.9 Å². The molecule has 1 atom stereocenters. The molecule has 4 rings (SSSR count). The quantitative estimate of drug-likeness (QED) is 0.792. The lowest BCUT2D eigenvalue weighted by molar-refractivity contribution is -0.0394. The standard InChI is InChI=1S/C16H17ClN4O2/c1-22-16-12(17)6-13-15(20-16)11(8-18-13)10-7-19-21(9-10)14-4-2-3-5-23-14/h6-9,14,18H,2-5H2,1H3. The molecule has 0 aromatic carbocycles. The molecule has 7 heteroatoms. The zero-order valence-corrected chi connectivity index (χ0v) is 13.5. The number of ether oxygens (including phenoxy) is 2. The third-order valence-electron chi connectivity index (χ3n) is 4.13. The SMILES string of the molecule is COc1nc2c(-c3cnn(C4CCCCO4)c3)c[nH]c2cc1Cl. The molecule has 0 radical (unpaired) electrons. The van der Waals surface area contributed by atoms with E-state index in [4.69, 9.17) is 21.1 Å². The number of hydrogen-bond acceptors (Lipinski definition) is 4. The molecular formula is C16H17ClN4O2. The van der Waals surface area contributed by atoms with Crippen LogP contribution in [0.4, 0.5) is 0 Å². The maximum atomic E-state index is 6.12. The first-order valence-electron chi connectivity index (χ1n) is 7.64. The van der Waals surface area contributed by atoms with Crippen molar-refractivity contribution in [2.45, 2.75) is 25.5 Å². The first-order chi connectivity index (χ1) is 11.3. The summed E-state index contributed by atoms with van der Waals surface area (Å²) in [6, 6.07) is 1.82. The molecule has 23 heavy (non-hydrogen) atoms. The van der Waals surface area contributed by atoms with Crippen LogP contribution in [0, 0.1) is 0 Å². The van der Waals surface area contributed by atoms with Crippen molar-refractivity contribution in [2.24, 2.45) is 0 Å². The van der Waals surface area contributed by atoms with Crippen LogP contribution in [0.3, 0.4) is 0 Å². The number of H-pyrrole nitrogens is 1. The van der Waals surface area contributed by atoms with Crippen LogP contribution < -0.4 is 4.74 Å². The largest absolute Gasteiger partial charge is 0.480 e. The van der Waals surface area contributed by atoms with Gasteiger partial charge in [0, 0.05) is 30.1 Å². The van der Waals surface area contributed by atoms with Gasteiger partial charge in [0.2, 0.25) is 5.88 Å². The Morgan fingerprint density at radius 3 is 3.13 bits per heavy atom. The van der Waals surface area contributed by atoms with Gasteiger partial charge >= 0.3 is 0 Å². The number of halogens is 1. The van der Waals surface area contributed by atoms with Gasteiger partial charge in [-0.2, -0.15) is 5.10 Å². The summed E-state index contributed by atoms with van der Waals surface area (Å²) in [4.78, 5) is 7.69. The van der Waals surface area contributed by atoms with E-state index < -0.39 is 0 Å². The number of nitrogens with one attached hydrogen (secondary N) is 1. The van der Waals surface area contributed by atoms with Crippen molar-refractivity contribution < 1.29 is 9.47 Å². The second kappa shape index (κ2) is 5.86. The predicted molar refractivity (Wildman–Crippen MR) is 87.7 cm³/mol. The summed E-state index contributed by atoms with van der Waals surface area (Å²) in [7, 11) is 1.56. The molecule has 0 spiro atoms. The molecule has 6 nitrogen and oxygen atoms in total. The van der Waals surface area contributed by atoms with Gasteiger partial charge in [0.1, 0.15) is 11.3 Å². The molecule has 1 unspecified atom stereocenters. The van der Waals surface area contributed by atoms with Crippen LogP contribution in [0.15, 0.2) is 24.7 Å². The molecule has 1 aliphatic heterocycles. The Kier molecular flexibility index (Phi) is 3.71. The minimum atomic E-state index is 0.0274. The predicted octanol–water partition coefficient (Wildman–Crippen LogP) is 3.79. The van der Waals surface area contributed by atoms with Crippen molar-refractivity contribution in [1.82, 2.24) is 19.7 Å². The number of pyridine rings is 1. The number of fused-ring (bicyclic) bond motifs is 1. The zero-order valence-electron chi connectivity index (χ0n) is 12.8. The number of nitrogens with zero attached hydrogens (tertiary/aromatic N) is 3. The lowest BCUT2D eigenvalue weighted by Crippen LogP contribution is -2.18. The molecule has 1 N–H and O–H groups in total. The summed E-state index contributed by atoms with van der Waals surface area (Å²) < 4.78 is 12.9. The van der Waals surface area contributed by atoms with Crippen LogP contribution >= 0.6 is 11.6 Å². The fourth-order valence-corrected chi connectivity index (χ4v) is 3.16. The second-order valence-electron chi connectivity index (χ2n) is 5.61. The first kappa shape index (κ1) is 14.5. The Balaban J connectivity index is 1.73. The van der Waals surface area contributed by atoms with Crippen molar-refractivity contribution in [3.05, 3.63) is 29.7 Å². The highest BCUT2D eigenvalue weighted by Crippen LogP contribution is 2.33. The van der Waals surface area contributed by atoms with E-state index in [1.807, 2.05) is 29.3 Å². The highest BCUT2D eigenvalue weighted by Gasteiger charge is 2.18. The van der Waals surface area contributed by atoms with Gasteiger partial charge in [0.15, 0.2) is 0 Å². The van der Waals surface area contributed by atoms with Crippen LogP contribution in [0.1, 0.15) is 25.5 Å². The number of aromatic nitrogens is 4. The molecule has 3 aromatic rings. The average Bonchev–Trinajstić information content (AvgIpc) is 3.21. The fraction of sp³-hybridized carbons (Fsp3) is 0.375. The number of methoxy groups -OCH3 is 1. The van der Waals surface area contributed by atoms with Gasteiger partial charge in [0.25, 0.3) is 0 Å². The highest BCUT2D eigenvalue weighted by molar-refractivity contribution is 6.32. The summed E-state index contributed by atoms with van der Waals surface area (Å²) in [5, 5.41) is 4.94. The number of aromatic amines is 1. The van der Waals surface area contributed by atoms with Gasteiger partial charge in [0.05, 0.1) is 24.3 Å². The van der Waals surface area contributed by atoms with Crippen molar-refractivity contribution in [3.8, 4) is 17.0 Å². The topological polar surface area (TPSA) is 65.0 Å². The lowest BCUT2D eigenvalue weighted by atomic mass is 10.1. The number of hydrogen-bond donors (Lipinski definition) is 1. The molecule has 4 heterocycles. The van der Waals surface area contributed by atoms with Crippen molar-refractivity contribution in [1.29, 1.82) is 0 Å². The molecular weight excluding hydrogens is 316 g/mol. The van der Waals surface area contributed by atoms with Crippen LogP contribution in [-0.4, -0.2) is 33.5 Å². The molecule has 0 bridgehead atoms. The van der Waals surface area contributed by atoms with Gasteiger partial charge in [-0.25, -0.2) is 9.67 Å². The van der Waals surface area contributed by atoms with E-state index in [1.54, 1.807) is 7.11 Å². The van der Waals surface area contributed by atoms with Crippen molar-refractivity contribution in [2.75, 3.05) is 13.7 Å². The molecule has 1 aliphatic rings. The summed E-state index contributed by atoms with van der Waals surface area (Å²) in [5.74, 6) is 0.419. The van der Waals surface area contributed by atoms with E-state index in [0.717, 1.165) is 41.6 Å². The zero-order chi connectivity index (χ0) is 15.8. The van der Waals surface area contributed by atoms with Crippen LogP contribution in [-0.2, 0) is 4.74 Å². The molecule has 0 aliphatic carbocycles. The summed E-state index contributed by atoms with van der Waals surface area (Å²) in [5.41, 5.74) is 3.64. The van der Waals surface area contributed by atoms with Crippen LogP contribution in [0.25, 0.3) is 22.2 Å². The minimum absolute atomic E-state index is 0.0274. The van der Waals surface area contributed by atoms with Crippen LogP contribution in [0.2, 0.25) is 5.02 Å². The smallest absolute Gasteiger partial charge is 0.233 e. The minimum Gasteiger partial charge on any atom is -0.480 e. The Labute approximate surface area is 138 Å². The van der Waals surface area contributed by atoms with E-state index in [-0.39, 0.29) is 6.23 Å². The van der Waals surface area contributed by atoms with Gasteiger partial charge in [-0.15, -0.1) is 0 Å². The van der Waals surface area contributed by atoms with Crippen molar-refractivity contribution in [3.63, 3.8) is 0 Å². The normalized spacial score (nSPS) is 18.4. The number of rotatable bonds is 3. The van der Waals surface area contributed by atoms with E-state index in [2.05, 4.69) is 15.1 Å². The maximum absolute atomic E-state index is 6.12.